The Hall–Kier alpha value is -1.75. The van der Waals surface area contributed by atoms with Gasteiger partial charge in [-0.15, -0.1) is 0 Å². The van der Waals surface area contributed by atoms with Gasteiger partial charge in [0, 0.05) is 18.3 Å². The maximum Gasteiger partial charge on any atom is 0.319 e. The maximum atomic E-state index is 11.7. The van der Waals surface area contributed by atoms with Crippen molar-refractivity contribution in [1.29, 1.82) is 0 Å². The third-order valence-electron chi connectivity index (χ3n) is 2.53. The van der Waals surface area contributed by atoms with E-state index in [0.717, 1.165) is 11.3 Å². The molecule has 0 bridgehead atoms. The Morgan fingerprint density at radius 3 is 2.74 bits per heavy atom. The van der Waals surface area contributed by atoms with Crippen molar-refractivity contribution in [1.82, 2.24) is 5.32 Å². The number of benzene rings is 1. The van der Waals surface area contributed by atoms with Gasteiger partial charge in [-0.05, 0) is 32.4 Å². The van der Waals surface area contributed by atoms with E-state index in [-0.39, 0.29) is 12.1 Å². The minimum atomic E-state index is -0.247. The molecular formula is C14H22N2O3. The van der Waals surface area contributed by atoms with Gasteiger partial charge in [0.2, 0.25) is 0 Å². The Morgan fingerprint density at radius 1 is 1.37 bits per heavy atom. The molecule has 0 aromatic heterocycles. The number of anilines is 1. The molecule has 0 radical (unpaired) electrons. The second-order valence-corrected chi connectivity index (χ2v) is 4.48. The summed E-state index contributed by atoms with van der Waals surface area (Å²) in [6, 6.07) is 5.30. The molecule has 2 amide bonds. The molecule has 0 saturated carbocycles. The Balaban J connectivity index is 2.43. The van der Waals surface area contributed by atoms with Crippen LogP contribution in [0.15, 0.2) is 18.2 Å². The number of hydrogen-bond donors (Lipinski definition) is 2. The summed E-state index contributed by atoms with van der Waals surface area (Å²) in [6.45, 7) is 6.82. The van der Waals surface area contributed by atoms with Gasteiger partial charge in [0.05, 0.1) is 19.8 Å². The van der Waals surface area contributed by atoms with Crippen molar-refractivity contribution in [3.05, 3.63) is 23.8 Å². The van der Waals surface area contributed by atoms with Crippen LogP contribution in [0.25, 0.3) is 0 Å². The van der Waals surface area contributed by atoms with Crippen molar-refractivity contribution in [3.63, 3.8) is 0 Å². The lowest BCUT2D eigenvalue weighted by atomic mass is 10.2. The van der Waals surface area contributed by atoms with Crippen molar-refractivity contribution in [2.75, 3.05) is 25.6 Å². The van der Waals surface area contributed by atoms with Gasteiger partial charge >= 0.3 is 6.03 Å². The maximum absolute atomic E-state index is 11.7. The predicted octanol–water partition coefficient (Wildman–Crippen LogP) is 2.55. The second-order valence-electron chi connectivity index (χ2n) is 4.48. The molecule has 0 atom stereocenters. The Bertz CT molecular complexity index is 419. The topological polar surface area (TPSA) is 59.6 Å². The predicted molar refractivity (Wildman–Crippen MR) is 75.8 cm³/mol. The van der Waals surface area contributed by atoms with Crippen molar-refractivity contribution >= 4 is 11.7 Å². The van der Waals surface area contributed by atoms with Gasteiger partial charge < -0.3 is 20.1 Å². The van der Waals surface area contributed by atoms with Gasteiger partial charge in [-0.2, -0.15) is 0 Å². The lowest BCUT2D eigenvalue weighted by molar-refractivity contribution is 0.0820. The smallest absolute Gasteiger partial charge is 0.319 e. The molecule has 5 nitrogen and oxygen atoms in total. The first kappa shape index (κ1) is 15.3. The van der Waals surface area contributed by atoms with Crippen LogP contribution in [0, 0.1) is 6.92 Å². The molecule has 0 unspecified atom stereocenters. The average Bonchev–Trinajstić information content (AvgIpc) is 2.37. The Kier molecular flexibility index (Phi) is 6.15. The summed E-state index contributed by atoms with van der Waals surface area (Å²) in [5, 5.41) is 5.52. The molecule has 2 N–H and O–H groups in total. The van der Waals surface area contributed by atoms with Gasteiger partial charge in [0.25, 0.3) is 0 Å². The zero-order chi connectivity index (χ0) is 14.3. The highest BCUT2D eigenvalue weighted by Gasteiger charge is 2.05. The van der Waals surface area contributed by atoms with Crippen molar-refractivity contribution < 1.29 is 14.3 Å². The van der Waals surface area contributed by atoms with Crippen LogP contribution in [-0.4, -0.2) is 32.4 Å². The fourth-order valence-electron chi connectivity index (χ4n) is 1.49. The van der Waals surface area contributed by atoms with E-state index < -0.39 is 0 Å². The van der Waals surface area contributed by atoms with E-state index in [1.54, 1.807) is 13.2 Å². The summed E-state index contributed by atoms with van der Waals surface area (Å²) >= 11 is 0. The number of carbonyl (C=O) groups excluding carboxylic acids is 1. The Morgan fingerprint density at radius 2 is 2.11 bits per heavy atom. The summed E-state index contributed by atoms with van der Waals surface area (Å²) in [7, 11) is 1.60. The van der Waals surface area contributed by atoms with E-state index in [2.05, 4.69) is 10.6 Å². The number of ether oxygens (including phenoxy) is 2. The molecule has 5 heteroatoms. The highest BCUT2D eigenvalue weighted by molar-refractivity contribution is 5.90. The van der Waals surface area contributed by atoms with Crippen molar-refractivity contribution in [2.45, 2.75) is 26.9 Å². The summed E-state index contributed by atoms with van der Waals surface area (Å²) in [4.78, 5) is 11.7. The van der Waals surface area contributed by atoms with Gasteiger partial charge in [0.15, 0.2) is 0 Å². The number of amides is 2. The SMILES string of the molecule is COc1ccc(C)c(NC(=O)NCCOC(C)C)c1. The highest BCUT2D eigenvalue weighted by Crippen LogP contribution is 2.21. The number of hydrogen-bond acceptors (Lipinski definition) is 3. The molecule has 0 spiro atoms. The minimum Gasteiger partial charge on any atom is -0.497 e. The number of carbonyl (C=O) groups is 1. The largest absolute Gasteiger partial charge is 0.497 e. The van der Waals surface area contributed by atoms with Gasteiger partial charge in [-0.1, -0.05) is 6.07 Å². The minimum absolute atomic E-state index is 0.172. The molecule has 0 aliphatic carbocycles. The zero-order valence-electron chi connectivity index (χ0n) is 11.9. The van der Waals surface area contributed by atoms with Crippen LogP contribution < -0.4 is 15.4 Å². The van der Waals surface area contributed by atoms with Gasteiger partial charge in [-0.25, -0.2) is 4.79 Å². The first-order chi connectivity index (χ1) is 9.02. The summed E-state index contributed by atoms with van der Waals surface area (Å²) in [6.07, 6.45) is 0.172. The van der Waals surface area contributed by atoms with E-state index in [9.17, 15) is 4.79 Å². The molecule has 19 heavy (non-hydrogen) atoms. The third-order valence-corrected chi connectivity index (χ3v) is 2.53. The van der Waals surface area contributed by atoms with Crippen LogP contribution in [0.3, 0.4) is 0 Å². The van der Waals surface area contributed by atoms with Crippen LogP contribution in [0.1, 0.15) is 19.4 Å². The molecule has 1 rings (SSSR count). The van der Waals surface area contributed by atoms with E-state index in [0.29, 0.717) is 18.9 Å². The normalized spacial score (nSPS) is 10.4. The van der Waals surface area contributed by atoms with Gasteiger partial charge in [-0.3, -0.25) is 0 Å². The Labute approximate surface area is 114 Å². The van der Waals surface area contributed by atoms with E-state index in [1.807, 2.05) is 32.9 Å². The fourth-order valence-corrected chi connectivity index (χ4v) is 1.49. The monoisotopic (exact) mass is 266 g/mol. The molecule has 0 heterocycles. The molecule has 0 fully saturated rings. The van der Waals surface area contributed by atoms with Crippen LogP contribution in [0.5, 0.6) is 5.75 Å². The lowest BCUT2D eigenvalue weighted by Crippen LogP contribution is -2.32. The average molecular weight is 266 g/mol. The molecule has 0 saturated heterocycles. The first-order valence-corrected chi connectivity index (χ1v) is 6.34. The standard InChI is InChI=1S/C14H22N2O3/c1-10(2)19-8-7-15-14(17)16-13-9-12(18-4)6-5-11(13)3/h5-6,9-10H,7-8H2,1-4H3,(H2,15,16,17). The summed E-state index contributed by atoms with van der Waals surface area (Å²) in [5.74, 6) is 0.712. The fraction of sp³-hybridized carbons (Fsp3) is 0.500. The summed E-state index contributed by atoms with van der Waals surface area (Å²) in [5.41, 5.74) is 1.72. The number of aryl methyl sites for hydroxylation is 1. The van der Waals surface area contributed by atoms with E-state index in [4.69, 9.17) is 9.47 Å². The summed E-state index contributed by atoms with van der Waals surface area (Å²) < 4.78 is 10.5. The lowest BCUT2D eigenvalue weighted by Gasteiger charge is -2.12. The highest BCUT2D eigenvalue weighted by atomic mass is 16.5. The van der Waals surface area contributed by atoms with Crippen molar-refractivity contribution in [3.8, 4) is 5.75 Å². The quantitative estimate of drug-likeness (QED) is 0.778. The van der Waals surface area contributed by atoms with Crippen LogP contribution in [0.2, 0.25) is 0 Å². The molecule has 106 valence electrons. The molecular weight excluding hydrogens is 244 g/mol. The zero-order valence-corrected chi connectivity index (χ0v) is 11.9. The number of nitrogens with one attached hydrogen (secondary N) is 2. The number of rotatable bonds is 6. The number of urea groups is 1. The third kappa shape index (κ3) is 5.61. The van der Waals surface area contributed by atoms with E-state index >= 15 is 0 Å². The van der Waals surface area contributed by atoms with Crippen LogP contribution in [0.4, 0.5) is 10.5 Å². The van der Waals surface area contributed by atoms with Crippen LogP contribution >= 0.6 is 0 Å². The molecule has 0 aliphatic heterocycles. The van der Waals surface area contributed by atoms with Crippen molar-refractivity contribution in [2.24, 2.45) is 0 Å². The molecule has 0 aliphatic rings. The second kappa shape index (κ2) is 7.63. The van der Waals surface area contributed by atoms with Gasteiger partial charge in [0.1, 0.15) is 5.75 Å². The molecule has 1 aromatic carbocycles. The van der Waals surface area contributed by atoms with E-state index in [1.165, 1.54) is 0 Å². The number of methoxy groups -OCH3 is 1. The first-order valence-electron chi connectivity index (χ1n) is 6.34. The molecule has 1 aromatic rings. The van der Waals surface area contributed by atoms with Crippen LogP contribution in [-0.2, 0) is 4.74 Å².